The molecule has 9 rings (SSSR count). The van der Waals surface area contributed by atoms with Crippen molar-refractivity contribution in [3.63, 3.8) is 0 Å². The van der Waals surface area contributed by atoms with E-state index in [1.807, 2.05) is 12.1 Å². The summed E-state index contributed by atoms with van der Waals surface area (Å²) in [7, 11) is 0. The number of para-hydroxylation sites is 1. The number of hydrogen-bond acceptors (Lipinski definition) is 3. The van der Waals surface area contributed by atoms with Gasteiger partial charge in [0.2, 0.25) is 5.95 Å². The SMILES string of the molecule is c1ccc(-c2ccc(-c3nc(-c4cccc(-c5ccccc5)c4)nc(-n4c5ccccc5c5c6ccccc6ccc54)n3)cc2)cc1. The Morgan fingerprint density at radius 2 is 0.894 bits per heavy atom. The summed E-state index contributed by atoms with van der Waals surface area (Å²) >= 11 is 0. The lowest BCUT2D eigenvalue weighted by Crippen LogP contribution is -2.06. The molecule has 9 aromatic rings. The minimum Gasteiger partial charge on any atom is -0.278 e. The fourth-order valence-electron chi connectivity index (χ4n) is 6.59. The highest BCUT2D eigenvalue weighted by Crippen LogP contribution is 2.37. The summed E-state index contributed by atoms with van der Waals surface area (Å²) in [4.78, 5) is 15.5. The van der Waals surface area contributed by atoms with Gasteiger partial charge >= 0.3 is 0 Å². The van der Waals surface area contributed by atoms with Crippen molar-refractivity contribution in [3.05, 3.63) is 170 Å². The van der Waals surface area contributed by atoms with Crippen LogP contribution < -0.4 is 0 Å². The van der Waals surface area contributed by atoms with Crippen molar-refractivity contribution in [3.8, 4) is 51.0 Å². The summed E-state index contributed by atoms with van der Waals surface area (Å²) in [5.41, 5.74) is 8.56. The molecule has 2 heterocycles. The summed E-state index contributed by atoms with van der Waals surface area (Å²) in [5.74, 6) is 1.84. The van der Waals surface area contributed by atoms with E-state index < -0.39 is 0 Å². The van der Waals surface area contributed by atoms with Crippen LogP contribution in [0.25, 0.3) is 83.6 Å². The molecule has 2 aromatic heterocycles. The van der Waals surface area contributed by atoms with E-state index in [1.165, 1.54) is 27.1 Å². The van der Waals surface area contributed by atoms with Gasteiger partial charge in [-0.3, -0.25) is 4.57 Å². The average molecular weight is 601 g/mol. The number of aromatic nitrogens is 4. The average Bonchev–Trinajstić information content (AvgIpc) is 3.50. The standard InChI is InChI=1S/C43H28N4/c1-3-12-29(13-4-1)31-22-24-33(25-23-31)41-44-42(35-18-11-17-34(28-35)30-14-5-2-6-15-30)46-43(45-41)47-38-21-10-9-20-37(38)40-36-19-8-7-16-32(36)26-27-39(40)47/h1-28H. The lowest BCUT2D eigenvalue weighted by molar-refractivity contribution is 0.953. The predicted octanol–water partition coefficient (Wildman–Crippen LogP) is 10.8. The number of nitrogens with zero attached hydrogens (tertiary/aromatic N) is 4. The molecule has 0 fully saturated rings. The lowest BCUT2D eigenvalue weighted by atomic mass is 10.0. The summed E-state index contributed by atoms with van der Waals surface area (Å²) in [6.45, 7) is 0. The number of hydrogen-bond donors (Lipinski definition) is 0. The Morgan fingerprint density at radius 1 is 0.340 bits per heavy atom. The van der Waals surface area contributed by atoms with Gasteiger partial charge in [-0.1, -0.05) is 152 Å². The summed E-state index contributed by atoms with van der Waals surface area (Å²) in [6, 6.07) is 59.2. The first-order valence-electron chi connectivity index (χ1n) is 15.8. The minimum absolute atomic E-state index is 0.587. The molecule has 0 aliphatic rings. The Balaban J connectivity index is 1.28. The van der Waals surface area contributed by atoms with Crippen LogP contribution in [0.15, 0.2) is 170 Å². The number of fused-ring (bicyclic) bond motifs is 5. The van der Waals surface area contributed by atoms with Gasteiger partial charge < -0.3 is 0 Å². The zero-order chi connectivity index (χ0) is 31.2. The summed E-state index contributed by atoms with van der Waals surface area (Å²) < 4.78 is 2.19. The molecular weight excluding hydrogens is 573 g/mol. The van der Waals surface area contributed by atoms with Gasteiger partial charge in [0.15, 0.2) is 11.6 Å². The molecule has 0 bridgehead atoms. The van der Waals surface area contributed by atoms with E-state index in [4.69, 9.17) is 15.0 Å². The molecule has 0 aliphatic heterocycles. The first-order chi connectivity index (χ1) is 23.3. The van der Waals surface area contributed by atoms with Gasteiger partial charge in [0, 0.05) is 21.9 Å². The fraction of sp³-hybridized carbons (Fsp3) is 0. The molecule has 0 N–H and O–H groups in total. The van der Waals surface area contributed by atoms with E-state index >= 15 is 0 Å². The molecule has 0 amide bonds. The Bertz CT molecular complexity index is 2550. The normalized spacial score (nSPS) is 11.4. The van der Waals surface area contributed by atoms with Crippen molar-refractivity contribution in [1.82, 2.24) is 19.5 Å². The van der Waals surface area contributed by atoms with Crippen LogP contribution in [0, 0.1) is 0 Å². The molecule has 0 saturated heterocycles. The summed E-state index contributed by atoms with van der Waals surface area (Å²) in [5, 5.41) is 4.78. The second-order valence-electron chi connectivity index (χ2n) is 11.7. The van der Waals surface area contributed by atoms with Crippen LogP contribution in [0.4, 0.5) is 0 Å². The molecule has 0 saturated carbocycles. The van der Waals surface area contributed by atoms with E-state index in [2.05, 4.69) is 162 Å². The third kappa shape index (κ3) is 4.75. The highest BCUT2D eigenvalue weighted by molar-refractivity contribution is 6.21. The zero-order valence-electron chi connectivity index (χ0n) is 25.5. The molecule has 0 spiro atoms. The van der Waals surface area contributed by atoms with E-state index in [0.717, 1.165) is 38.9 Å². The highest BCUT2D eigenvalue weighted by atomic mass is 15.2. The van der Waals surface area contributed by atoms with Crippen LogP contribution in [0.1, 0.15) is 0 Å². The molecule has 0 atom stereocenters. The van der Waals surface area contributed by atoms with Gasteiger partial charge in [-0.15, -0.1) is 0 Å². The molecule has 0 radical (unpaired) electrons. The molecule has 4 heteroatoms. The van der Waals surface area contributed by atoms with Crippen molar-refractivity contribution < 1.29 is 0 Å². The zero-order valence-corrected chi connectivity index (χ0v) is 25.5. The highest BCUT2D eigenvalue weighted by Gasteiger charge is 2.19. The number of rotatable bonds is 5. The van der Waals surface area contributed by atoms with Crippen molar-refractivity contribution in [2.24, 2.45) is 0 Å². The molecule has 7 aromatic carbocycles. The molecule has 0 unspecified atom stereocenters. The van der Waals surface area contributed by atoms with Gasteiger partial charge in [-0.05, 0) is 51.2 Å². The monoisotopic (exact) mass is 600 g/mol. The topological polar surface area (TPSA) is 43.6 Å². The van der Waals surface area contributed by atoms with E-state index in [0.29, 0.717) is 17.6 Å². The molecule has 220 valence electrons. The van der Waals surface area contributed by atoms with Gasteiger partial charge in [-0.25, -0.2) is 4.98 Å². The van der Waals surface area contributed by atoms with Gasteiger partial charge in [0.1, 0.15) is 0 Å². The Hall–Kier alpha value is -6.39. The second-order valence-corrected chi connectivity index (χ2v) is 11.7. The number of benzene rings is 7. The van der Waals surface area contributed by atoms with Gasteiger partial charge in [0.25, 0.3) is 0 Å². The van der Waals surface area contributed by atoms with Crippen LogP contribution >= 0.6 is 0 Å². The Kier molecular flexibility index (Phi) is 6.43. The predicted molar refractivity (Wildman–Crippen MR) is 193 cm³/mol. The largest absolute Gasteiger partial charge is 0.278 e. The minimum atomic E-state index is 0.587. The Labute approximate surface area is 272 Å². The van der Waals surface area contributed by atoms with Gasteiger partial charge in [-0.2, -0.15) is 9.97 Å². The third-order valence-electron chi connectivity index (χ3n) is 8.86. The Morgan fingerprint density at radius 3 is 1.66 bits per heavy atom. The van der Waals surface area contributed by atoms with E-state index in [1.54, 1.807) is 0 Å². The van der Waals surface area contributed by atoms with E-state index in [-0.39, 0.29) is 0 Å². The van der Waals surface area contributed by atoms with Crippen molar-refractivity contribution in [1.29, 1.82) is 0 Å². The van der Waals surface area contributed by atoms with Crippen molar-refractivity contribution in [2.75, 3.05) is 0 Å². The van der Waals surface area contributed by atoms with Gasteiger partial charge in [0.05, 0.1) is 11.0 Å². The van der Waals surface area contributed by atoms with Crippen molar-refractivity contribution >= 4 is 32.6 Å². The maximum Gasteiger partial charge on any atom is 0.238 e. The third-order valence-corrected chi connectivity index (χ3v) is 8.86. The van der Waals surface area contributed by atoms with Crippen molar-refractivity contribution in [2.45, 2.75) is 0 Å². The van der Waals surface area contributed by atoms with E-state index in [9.17, 15) is 0 Å². The molecular formula is C43H28N4. The molecule has 47 heavy (non-hydrogen) atoms. The first-order valence-corrected chi connectivity index (χ1v) is 15.8. The first kappa shape index (κ1) is 27.0. The maximum absolute atomic E-state index is 5.19. The second kappa shape index (κ2) is 11.2. The quantitative estimate of drug-likeness (QED) is 0.197. The van der Waals surface area contributed by atoms with Crippen LogP contribution in [-0.2, 0) is 0 Å². The summed E-state index contributed by atoms with van der Waals surface area (Å²) in [6.07, 6.45) is 0. The van der Waals surface area contributed by atoms with Crippen LogP contribution in [0.3, 0.4) is 0 Å². The molecule has 4 nitrogen and oxygen atoms in total. The smallest absolute Gasteiger partial charge is 0.238 e. The van der Waals surface area contributed by atoms with Crippen LogP contribution in [0.5, 0.6) is 0 Å². The van der Waals surface area contributed by atoms with Crippen LogP contribution in [-0.4, -0.2) is 19.5 Å². The molecule has 0 aliphatic carbocycles. The maximum atomic E-state index is 5.19. The lowest BCUT2D eigenvalue weighted by Gasteiger charge is -2.12. The van der Waals surface area contributed by atoms with Crippen LogP contribution in [0.2, 0.25) is 0 Å². The fourth-order valence-corrected chi connectivity index (χ4v) is 6.59.